The number of hydrogen-bond acceptors (Lipinski definition) is 4. The van der Waals surface area contributed by atoms with Crippen LogP contribution in [-0.2, 0) is 0 Å². The van der Waals surface area contributed by atoms with Crippen LogP contribution in [0.4, 0.5) is 5.95 Å². The van der Waals surface area contributed by atoms with E-state index in [1.807, 2.05) is 24.3 Å². The van der Waals surface area contributed by atoms with Crippen LogP contribution in [0, 0.1) is 0 Å². The fourth-order valence-corrected chi connectivity index (χ4v) is 1.15. The molecule has 0 bridgehead atoms. The van der Waals surface area contributed by atoms with Gasteiger partial charge in [-0.25, -0.2) is 0 Å². The third-order valence-corrected chi connectivity index (χ3v) is 1.87. The molecular formula is C9H11ClN4O. The quantitative estimate of drug-likeness (QED) is 0.813. The predicted molar refractivity (Wildman–Crippen MR) is 60.0 cm³/mol. The molecular weight excluding hydrogens is 216 g/mol. The number of halogens is 1. The average Bonchev–Trinajstić information content (AvgIpc) is 2.65. The van der Waals surface area contributed by atoms with Crippen molar-refractivity contribution in [3.8, 4) is 17.1 Å². The number of ether oxygens (including phenoxy) is 1. The lowest BCUT2D eigenvalue weighted by Crippen LogP contribution is -1.86. The van der Waals surface area contributed by atoms with Gasteiger partial charge in [0.15, 0.2) is 5.82 Å². The highest BCUT2D eigenvalue weighted by Gasteiger charge is 2.02. The Bertz CT molecular complexity index is 426. The van der Waals surface area contributed by atoms with Gasteiger partial charge in [0, 0.05) is 5.56 Å². The molecule has 0 radical (unpaired) electrons. The molecule has 1 aromatic carbocycles. The van der Waals surface area contributed by atoms with E-state index in [1.54, 1.807) is 7.11 Å². The number of H-pyrrole nitrogens is 1. The molecule has 3 N–H and O–H groups in total. The average molecular weight is 227 g/mol. The Kier molecular flexibility index (Phi) is 3.51. The maximum absolute atomic E-state index is 5.39. The standard InChI is InChI=1S/C9H10N4O.ClH/c1-14-7-4-2-6(3-5-7)8-11-9(10)13-12-8;/h2-5H,1H3,(H3,10,11,12,13);1H. The van der Waals surface area contributed by atoms with Gasteiger partial charge in [0.2, 0.25) is 5.95 Å². The van der Waals surface area contributed by atoms with Crippen LogP contribution in [0.3, 0.4) is 0 Å². The third-order valence-electron chi connectivity index (χ3n) is 1.87. The number of anilines is 1. The molecule has 5 nitrogen and oxygen atoms in total. The van der Waals surface area contributed by atoms with E-state index in [1.165, 1.54) is 0 Å². The highest BCUT2D eigenvalue weighted by Crippen LogP contribution is 2.18. The van der Waals surface area contributed by atoms with Crippen molar-refractivity contribution in [2.24, 2.45) is 0 Å². The van der Waals surface area contributed by atoms with E-state index in [9.17, 15) is 0 Å². The third kappa shape index (κ3) is 2.38. The maximum Gasteiger partial charge on any atom is 0.239 e. The number of hydrogen-bond donors (Lipinski definition) is 2. The second-order valence-electron chi connectivity index (χ2n) is 2.77. The molecule has 0 spiro atoms. The van der Waals surface area contributed by atoms with Gasteiger partial charge < -0.3 is 10.5 Å². The summed E-state index contributed by atoms with van der Waals surface area (Å²) < 4.78 is 5.04. The van der Waals surface area contributed by atoms with Crippen LogP contribution in [0.25, 0.3) is 11.4 Å². The van der Waals surface area contributed by atoms with Crippen LogP contribution < -0.4 is 10.5 Å². The van der Waals surface area contributed by atoms with Gasteiger partial charge >= 0.3 is 0 Å². The van der Waals surface area contributed by atoms with Crippen molar-refractivity contribution in [3.63, 3.8) is 0 Å². The highest BCUT2D eigenvalue weighted by molar-refractivity contribution is 5.85. The van der Waals surface area contributed by atoms with E-state index in [0.717, 1.165) is 11.3 Å². The largest absolute Gasteiger partial charge is 0.497 e. The Morgan fingerprint density at radius 2 is 1.93 bits per heavy atom. The fraction of sp³-hybridized carbons (Fsp3) is 0.111. The van der Waals surface area contributed by atoms with Crippen LogP contribution >= 0.6 is 12.4 Å². The van der Waals surface area contributed by atoms with Gasteiger partial charge in [0.25, 0.3) is 0 Å². The molecule has 6 heteroatoms. The molecule has 2 aromatic rings. The van der Waals surface area contributed by atoms with E-state index in [2.05, 4.69) is 15.2 Å². The first-order valence-electron chi connectivity index (χ1n) is 4.12. The van der Waals surface area contributed by atoms with Crippen molar-refractivity contribution in [2.45, 2.75) is 0 Å². The molecule has 2 rings (SSSR count). The Balaban J connectivity index is 0.00000112. The van der Waals surface area contributed by atoms with Crippen LogP contribution in [0.5, 0.6) is 5.75 Å². The molecule has 80 valence electrons. The summed E-state index contributed by atoms with van der Waals surface area (Å²) in [7, 11) is 1.63. The number of nitrogens with zero attached hydrogens (tertiary/aromatic N) is 2. The van der Waals surface area contributed by atoms with Crippen molar-refractivity contribution in [2.75, 3.05) is 12.8 Å². The van der Waals surface area contributed by atoms with E-state index < -0.39 is 0 Å². The number of nitrogens with two attached hydrogens (primary N) is 1. The molecule has 0 saturated heterocycles. The zero-order valence-corrected chi connectivity index (χ0v) is 8.91. The molecule has 15 heavy (non-hydrogen) atoms. The zero-order chi connectivity index (χ0) is 9.97. The summed E-state index contributed by atoms with van der Waals surface area (Å²) in [6.07, 6.45) is 0. The normalized spacial score (nSPS) is 9.40. The number of aromatic amines is 1. The minimum atomic E-state index is 0. The van der Waals surface area contributed by atoms with Gasteiger partial charge in [-0.05, 0) is 24.3 Å². The summed E-state index contributed by atoms with van der Waals surface area (Å²) in [6, 6.07) is 7.49. The number of rotatable bonds is 2. The van der Waals surface area contributed by atoms with Crippen LogP contribution in [0.15, 0.2) is 24.3 Å². The Morgan fingerprint density at radius 1 is 1.27 bits per heavy atom. The molecule has 0 aliphatic rings. The number of nitrogens with one attached hydrogen (secondary N) is 1. The molecule has 0 amide bonds. The summed E-state index contributed by atoms with van der Waals surface area (Å²) in [5.74, 6) is 1.71. The Morgan fingerprint density at radius 3 is 2.40 bits per heavy atom. The number of benzene rings is 1. The predicted octanol–water partition coefficient (Wildman–Crippen LogP) is 1.48. The summed E-state index contributed by atoms with van der Waals surface area (Å²) in [5.41, 5.74) is 6.32. The van der Waals surface area contributed by atoms with Crippen molar-refractivity contribution in [3.05, 3.63) is 24.3 Å². The van der Waals surface area contributed by atoms with Crippen molar-refractivity contribution in [1.82, 2.24) is 15.2 Å². The van der Waals surface area contributed by atoms with Crippen LogP contribution in [-0.4, -0.2) is 22.3 Å². The molecule has 0 fully saturated rings. The van der Waals surface area contributed by atoms with Gasteiger partial charge in [-0.3, -0.25) is 5.10 Å². The van der Waals surface area contributed by atoms with Crippen molar-refractivity contribution in [1.29, 1.82) is 0 Å². The maximum atomic E-state index is 5.39. The summed E-state index contributed by atoms with van der Waals surface area (Å²) in [5, 5.41) is 6.48. The first-order valence-corrected chi connectivity index (χ1v) is 4.12. The second-order valence-corrected chi connectivity index (χ2v) is 2.77. The van der Waals surface area contributed by atoms with Gasteiger partial charge in [-0.2, -0.15) is 4.98 Å². The second kappa shape index (κ2) is 4.65. The first kappa shape index (κ1) is 11.3. The van der Waals surface area contributed by atoms with Gasteiger partial charge in [0.05, 0.1) is 7.11 Å². The van der Waals surface area contributed by atoms with Gasteiger partial charge in [-0.15, -0.1) is 17.5 Å². The summed E-state index contributed by atoms with van der Waals surface area (Å²) in [4.78, 5) is 4.01. The highest BCUT2D eigenvalue weighted by atomic mass is 35.5. The summed E-state index contributed by atoms with van der Waals surface area (Å²) >= 11 is 0. The first-order chi connectivity index (χ1) is 6.79. The molecule has 1 aromatic heterocycles. The lowest BCUT2D eigenvalue weighted by atomic mass is 10.2. The minimum Gasteiger partial charge on any atom is -0.497 e. The van der Waals surface area contributed by atoms with E-state index in [0.29, 0.717) is 5.82 Å². The van der Waals surface area contributed by atoms with Crippen molar-refractivity contribution < 1.29 is 4.74 Å². The van der Waals surface area contributed by atoms with Crippen LogP contribution in [0.1, 0.15) is 0 Å². The fourth-order valence-electron chi connectivity index (χ4n) is 1.15. The van der Waals surface area contributed by atoms with Crippen molar-refractivity contribution >= 4 is 18.4 Å². The van der Waals surface area contributed by atoms with E-state index >= 15 is 0 Å². The SMILES string of the molecule is COc1ccc(-c2nc(N)n[nH]2)cc1.Cl. The molecule has 1 heterocycles. The number of nitrogen functional groups attached to an aromatic ring is 1. The summed E-state index contributed by atoms with van der Waals surface area (Å²) in [6.45, 7) is 0. The number of methoxy groups -OCH3 is 1. The minimum absolute atomic E-state index is 0. The smallest absolute Gasteiger partial charge is 0.239 e. The van der Waals surface area contributed by atoms with E-state index in [-0.39, 0.29) is 18.4 Å². The Hall–Kier alpha value is -1.75. The van der Waals surface area contributed by atoms with Gasteiger partial charge in [0.1, 0.15) is 5.75 Å². The lowest BCUT2D eigenvalue weighted by molar-refractivity contribution is 0.415. The van der Waals surface area contributed by atoms with E-state index in [4.69, 9.17) is 10.5 Å². The molecule has 0 atom stereocenters. The molecule has 0 aliphatic carbocycles. The lowest BCUT2D eigenvalue weighted by Gasteiger charge is -1.99. The van der Waals surface area contributed by atoms with Crippen LogP contribution in [0.2, 0.25) is 0 Å². The molecule has 0 unspecified atom stereocenters. The number of aromatic nitrogens is 3. The molecule has 0 aliphatic heterocycles. The monoisotopic (exact) mass is 226 g/mol. The topological polar surface area (TPSA) is 76.8 Å². The zero-order valence-electron chi connectivity index (χ0n) is 8.10. The van der Waals surface area contributed by atoms with Gasteiger partial charge in [-0.1, -0.05) is 0 Å². The Labute approximate surface area is 93.1 Å². The molecule has 0 saturated carbocycles.